The lowest BCUT2D eigenvalue weighted by Crippen LogP contribution is -2.29. The largest absolute Gasteiger partial charge is 0.383 e. The summed E-state index contributed by atoms with van der Waals surface area (Å²) in [6.45, 7) is 5.53. The van der Waals surface area contributed by atoms with Crippen molar-refractivity contribution >= 4 is 0 Å². The van der Waals surface area contributed by atoms with Crippen molar-refractivity contribution in [3.05, 3.63) is 12.4 Å². The molecule has 0 aromatic rings. The van der Waals surface area contributed by atoms with E-state index in [-0.39, 0.29) is 0 Å². The summed E-state index contributed by atoms with van der Waals surface area (Å²) in [5.41, 5.74) is 0. The Labute approximate surface area is 69.2 Å². The van der Waals surface area contributed by atoms with Crippen LogP contribution in [0.1, 0.15) is 0 Å². The third-order valence-electron chi connectivity index (χ3n) is 1.59. The summed E-state index contributed by atoms with van der Waals surface area (Å²) in [7, 11) is 7.66. The highest BCUT2D eigenvalue weighted by molar-refractivity contribution is 4.88. The van der Waals surface area contributed by atoms with Gasteiger partial charge in [-0.2, -0.15) is 0 Å². The lowest BCUT2D eigenvalue weighted by atomic mass is 10.5. The molecule has 0 N–H and O–H groups in total. The first-order chi connectivity index (χ1) is 5.09. The average molecular weight is 158 g/mol. The molecule has 0 saturated carbocycles. The Morgan fingerprint density at radius 3 is 2.27 bits per heavy atom. The van der Waals surface area contributed by atoms with Crippen LogP contribution in [-0.4, -0.2) is 51.2 Å². The molecule has 0 bridgehead atoms. The van der Waals surface area contributed by atoms with Crippen LogP contribution in [0, 0.1) is 0 Å². The second kappa shape index (κ2) is 5.02. The molecule has 0 atom stereocenters. The predicted molar refractivity (Wildman–Crippen MR) is 47.3 cm³/mol. The van der Waals surface area contributed by atoms with Crippen LogP contribution in [0.5, 0.6) is 0 Å². The van der Waals surface area contributed by atoms with Gasteiger partial charge in [0.2, 0.25) is 0 Å². The molecule has 0 fully saturated rings. The second-order valence-electron chi connectivity index (χ2n) is 2.73. The van der Waals surface area contributed by atoms with E-state index < -0.39 is 0 Å². The smallest absolute Gasteiger partial charge is 0.0958 e. The van der Waals surface area contributed by atoms with Gasteiger partial charge in [-0.3, -0.25) is 0 Å². The van der Waals surface area contributed by atoms with Gasteiger partial charge in [0.1, 0.15) is 0 Å². The Hall–Kier alpha value is -0.700. The molecule has 0 saturated heterocycles. The first-order valence-electron chi connectivity index (χ1n) is 3.66. The van der Waals surface area contributed by atoms with Gasteiger partial charge in [-0.25, -0.2) is 0 Å². The van der Waals surface area contributed by atoms with E-state index >= 15 is 0 Å². The van der Waals surface area contributed by atoms with E-state index in [0.717, 1.165) is 19.0 Å². The highest BCUT2D eigenvalue weighted by atomic mass is 16.5. The van der Waals surface area contributed by atoms with Gasteiger partial charge >= 0.3 is 0 Å². The van der Waals surface area contributed by atoms with E-state index in [2.05, 4.69) is 11.5 Å². The van der Waals surface area contributed by atoms with Crippen LogP contribution in [0.3, 0.4) is 0 Å². The number of nitrogens with zero attached hydrogens (tertiary/aromatic N) is 2. The highest BCUT2D eigenvalue weighted by Crippen LogP contribution is 1.99. The molecule has 0 aromatic carbocycles. The number of hydrogen-bond donors (Lipinski definition) is 0. The lowest BCUT2D eigenvalue weighted by molar-refractivity contribution is 0.162. The van der Waals surface area contributed by atoms with Gasteiger partial charge < -0.3 is 14.5 Å². The zero-order valence-corrected chi connectivity index (χ0v) is 7.92. The van der Waals surface area contributed by atoms with E-state index in [0.29, 0.717) is 0 Å². The molecule has 11 heavy (non-hydrogen) atoms. The van der Waals surface area contributed by atoms with Crippen LogP contribution in [0.25, 0.3) is 0 Å². The van der Waals surface area contributed by atoms with Gasteiger partial charge in [-0.1, -0.05) is 6.58 Å². The molecule has 0 unspecified atom stereocenters. The van der Waals surface area contributed by atoms with E-state index in [9.17, 15) is 0 Å². The molecule has 0 heterocycles. The molecule has 0 aromatic heterocycles. The summed E-state index contributed by atoms with van der Waals surface area (Å²) in [5.74, 6) is 1.00. The number of rotatable bonds is 5. The zero-order valence-electron chi connectivity index (χ0n) is 7.92. The van der Waals surface area contributed by atoms with Crippen LogP contribution >= 0.6 is 0 Å². The second-order valence-corrected chi connectivity index (χ2v) is 2.73. The predicted octanol–water partition coefficient (Wildman–Crippen LogP) is 0.597. The molecule has 0 aliphatic carbocycles. The van der Waals surface area contributed by atoms with E-state index in [1.807, 2.05) is 26.0 Å². The third-order valence-corrected chi connectivity index (χ3v) is 1.59. The molecule has 3 nitrogen and oxygen atoms in total. The van der Waals surface area contributed by atoms with Crippen molar-refractivity contribution in [1.29, 1.82) is 0 Å². The summed E-state index contributed by atoms with van der Waals surface area (Å²) in [4.78, 5) is 4.04. The average Bonchev–Trinajstić information content (AvgIpc) is 1.98. The Morgan fingerprint density at radius 2 is 1.91 bits per heavy atom. The molecular weight excluding hydrogens is 140 g/mol. The Morgan fingerprint density at radius 1 is 1.36 bits per heavy atom. The summed E-state index contributed by atoms with van der Waals surface area (Å²) >= 11 is 0. The maximum absolute atomic E-state index is 4.94. The standard InChI is InChI=1S/C8H18N2O/c1-8(9(2)3)10(4)6-7-11-5/h1,6-7H2,2-5H3. The molecule has 0 radical (unpaired) electrons. The number of hydrogen-bond acceptors (Lipinski definition) is 3. The monoisotopic (exact) mass is 158 g/mol. The van der Waals surface area contributed by atoms with Crippen molar-refractivity contribution < 1.29 is 4.74 Å². The van der Waals surface area contributed by atoms with E-state index in [4.69, 9.17) is 4.74 Å². The van der Waals surface area contributed by atoms with Crippen molar-refractivity contribution in [1.82, 2.24) is 9.80 Å². The first kappa shape index (κ1) is 10.3. The van der Waals surface area contributed by atoms with Crippen LogP contribution < -0.4 is 0 Å². The van der Waals surface area contributed by atoms with Gasteiger partial charge in [0.25, 0.3) is 0 Å². The molecule has 0 amide bonds. The van der Waals surface area contributed by atoms with Crippen LogP contribution in [-0.2, 0) is 4.74 Å². The zero-order chi connectivity index (χ0) is 8.85. The van der Waals surface area contributed by atoms with Crippen LogP contribution in [0.15, 0.2) is 12.4 Å². The maximum Gasteiger partial charge on any atom is 0.0958 e. The van der Waals surface area contributed by atoms with Crippen molar-refractivity contribution in [3.63, 3.8) is 0 Å². The van der Waals surface area contributed by atoms with Crippen molar-refractivity contribution in [2.75, 3.05) is 41.4 Å². The Bertz CT molecular complexity index is 123. The number of likely N-dealkylation sites (N-methyl/N-ethyl adjacent to an activating group) is 1. The lowest BCUT2D eigenvalue weighted by Gasteiger charge is -2.26. The maximum atomic E-state index is 4.94. The number of methoxy groups -OCH3 is 1. The molecular formula is C8H18N2O. The van der Waals surface area contributed by atoms with Gasteiger partial charge in [0.05, 0.1) is 12.4 Å². The van der Waals surface area contributed by atoms with Gasteiger partial charge in [0, 0.05) is 34.8 Å². The summed E-state index contributed by atoms with van der Waals surface area (Å²) in [5, 5.41) is 0. The first-order valence-corrected chi connectivity index (χ1v) is 3.66. The number of ether oxygens (including phenoxy) is 1. The molecule has 0 spiro atoms. The molecule has 0 aliphatic heterocycles. The van der Waals surface area contributed by atoms with Crippen molar-refractivity contribution in [2.45, 2.75) is 0 Å². The van der Waals surface area contributed by atoms with Gasteiger partial charge in [0.15, 0.2) is 0 Å². The van der Waals surface area contributed by atoms with Crippen LogP contribution in [0.2, 0.25) is 0 Å². The quantitative estimate of drug-likeness (QED) is 0.582. The minimum absolute atomic E-state index is 0.739. The minimum Gasteiger partial charge on any atom is -0.383 e. The fraction of sp³-hybridized carbons (Fsp3) is 0.750. The summed E-state index contributed by atoms with van der Waals surface area (Å²) in [6.07, 6.45) is 0. The van der Waals surface area contributed by atoms with E-state index in [1.165, 1.54) is 0 Å². The third kappa shape index (κ3) is 3.88. The minimum atomic E-state index is 0.739. The fourth-order valence-corrected chi connectivity index (χ4v) is 0.699. The van der Waals surface area contributed by atoms with Crippen molar-refractivity contribution in [3.8, 4) is 0 Å². The van der Waals surface area contributed by atoms with Crippen molar-refractivity contribution in [2.24, 2.45) is 0 Å². The highest BCUT2D eigenvalue weighted by Gasteiger charge is 2.01. The summed E-state index contributed by atoms with van der Waals surface area (Å²) in [6, 6.07) is 0. The molecule has 3 heteroatoms. The molecule has 0 rings (SSSR count). The SMILES string of the molecule is C=C(N(C)C)N(C)CCOC. The normalized spacial score (nSPS) is 9.45. The Balaban J connectivity index is 3.64. The molecule has 66 valence electrons. The topological polar surface area (TPSA) is 15.7 Å². The Kier molecular flexibility index (Phi) is 4.70. The fourth-order valence-electron chi connectivity index (χ4n) is 0.699. The van der Waals surface area contributed by atoms with Gasteiger partial charge in [-0.05, 0) is 0 Å². The van der Waals surface area contributed by atoms with Crippen LogP contribution in [0.4, 0.5) is 0 Å². The van der Waals surface area contributed by atoms with E-state index in [1.54, 1.807) is 7.11 Å². The molecule has 0 aliphatic rings. The van der Waals surface area contributed by atoms with Gasteiger partial charge in [-0.15, -0.1) is 0 Å². The summed E-state index contributed by atoms with van der Waals surface area (Å²) < 4.78 is 4.94.